The Morgan fingerprint density at radius 1 is 1.05 bits per heavy atom. The van der Waals surface area contributed by atoms with Gasteiger partial charge in [-0.05, 0) is 36.1 Å². The van der Waals surface area contributed by atoms with Crippen LogP contribution in [0.4, 0.5) is 0 Å². The molecule has 0 spiro atoms. The summed E-state index contributed by atoms with van der Waals surface area (Å²) in [5.41, 5.74) is 7.70. The monoisotopic (exact) mass is 251 g/mol. The van der Waals surface area contributed by atoms with Gasteiger partial charge in [-0.3, -0.25) is 0 Å². The maximum Gasteiger partial charge on any atom is 0.0839 e. The van der Waals surface area contributed by atoms with Crippen LogP contribution in [-0.4, -0.2) is 5.21 Å². The first-order valence-corrected chi connectivity index (χ1v) is 6.45. The van der Waals surface area contributed by atoms with Crippen LogP contribution in [0.3, 0.4) is 0 Å². The highest BCUT2D eigenvalue weighted by Gasteiger charge is 2.28. The molecule has 3 rings (SSSR count). The first-order chi connectivity index (χ1) is 9.14. The molecule has 0 radical (unpaired) electrons. The van der Waals surface area contributed by atoms with Gasteiger partial charge in [-0.15, -0.1) is 0 Å². The molecule has 2 nitrogen and oxygen atoms in total. The van der Waals surface area contributed by atoms with E-state index < -0.39 is 5.54 Å². The third-order valence-electron chi connectivity index (χ3n) is 3.81. The minimum atomic E-state index is -0.569. The first kappa shape index (κ1) is 12.2. The summed E-state index contributed by atoms with van der Waals surface area (Å²) in [5.74, 6) is 0. The second-order valence-electron chi connectivity index (χ2n) is 5.28. The Balaban J connectivity index is 2.37. The molecule has 0 heterocycles. The summed E-state index contributed by atoms with van der Waals surface area (Å²) < 4.78 is 0. The number of hydrogen-bond acceptors (Lipinski definition) is 2. The van der Waals surface area contributed by atoms with Gasteiger partial charge in [0.15, 0.2) is 0 Å². The highest BCUT2D eigenvalue weighted by molar-refractivity contribution is 5.81. The maximum atomic E-state index is 9.59. The van der Waals surface area contributed by atoms with Crippen LogP contribution in [0.15, 0.2) is 48.5 Å². The van der Waals surface area contributed by atoms with Gasteiger partial charge in [-0.25, -0.2) is 0 Å². The molecular weight excluding hydrogens is 234 g/mol. The highest BCUT2D eigenvalue weighted by Crippen LogP contribution is 2.38. The predicted octanol–water partition coefficient (Wildman–Crippen LogP) is 3.88. The van der Waals surface area contributed by atoms with Gasteiger partial charge in [0, 0.05) is 0 Å². The number of benzene rings is 2. The fourth-order valence-corrected chi connectivity index (χ4v) is 2.65. The normalized spacial score (nSPS) is 20.6. The largest absolute Gasteiger partial charge is 0.316 e. The van der Waals surface area contributed by atoms with Gasteiger partial charge < -0.3 is 5.21 Å². The highest BCUT2D eigenvalue weighted by atomic mass is 16.5. The number of aryl methyl sites for hydroxylation is 1. The van der Waals surface area contributed by atoms with E-state index in [9.17, 15) is 5.21 Å². The molecule has 2 N–H and O–H groups in total. The van der Waals surface area contributed by atoms with E-state index in [0.29, 0.717) is 0 Å². The Hall–Kier alpha value is -1.90. The molecule has 0 aliphatic heterocycles. The molecule has 96 valence electrons. The molecule has 2 aromatic rings. The summed E-state index contributed by atoms with van der Waals surface area (Å²) in [7, 11) is 0. The molecule has 19 heavy (non-hydrogen) atoms. The van der Waals surface area contributed by atoms with E-state index in [1.165, 1.54) is 16.7 Å². The average molecular weight is 251 g/mol. The quantitative estimate of drug-likeness (QED) is 0.754. The second-order valence-corrected chi connectivity index (χ2v) is 5.28. The van der Waals surface area contributed by atoms with Crippen molar-refractivity contribution in [3.63, 3.8) is 0 Å². The number of nitrogens with one attached hydrogen (secondary N) is 1. The smallest absolute Gasteiger partial charge is 0.0839 e. The van der Waals surface area contributed by atoms with Gasteiger partial charge >= 0.3 is 0 Å². The van der Waals surface area contributed by atoms with Gasteiger partial charge in [-0.2, -0.15) is 5.48 Å². The average Bonchev–Trinajstić information content (AvgIpc) is 2.56. The van der Waals surface area contributed by atoms with E-state index in [-0.39, 0.29) is 0 Å². The lowest BCUT2D eigenvalue weighted by Gasteiger charge is -2.26. The summed E-state index contributed by atoms with van der Waals surface area (Å²) in [5, 5.41) is 9.59. The molecular formula is C17H17NO. The minimum Gasteiger partial charge on any atom is -0.316 e. The first-order valence-electron chi connectivity index (χ1n) is 6.45. The zero-order valence-corrected chi connectivity index (χ0v) is 11.1. The van der Waals surface area contributed by atoms with Crippen LogP contribution in [-0.2, 0) is 5.54 Å². The van der Waals surface area contributed by atoms with E-state index in [0.717, 1.165) is 11.1 Å². The molecule has 2 aromatic carbocycles. The molecule has 0 saturated heterocycles. The van der Waals surface area contributed by atoms with Crippen molar-refractivity contribution in [3.05, 3.63) is 65.2 Å². The lowest BCUT2D eigenvalue weighted by molar-refractivity contribution is 0.0971. The van der Waals surface area contributed by atoms with Gasteiger partial charge in [0.05, 0.1) is 5.54 Å². The van der Waals surface area contributed by atoms with Crippen LogP contribution in [0.25, 0.3) is 17.2 Å². The van der Waals surface area contributed by atoms with Crippen molar-refractivity contribution in [3.8, 4) is 11.1 Å². The Kier molecular flexibility index (Phi) is 2.77. The fraction of sp³-hybridized carbons (Fsp3) is 0.176. The summed E-state index contributed by atoms with van der Waals surface area (Å²) in [6.07, 6.45) is 4.07. The topological polar surface area (TPSA) is 32.3 Å². The molecule has 1 unspecified atom stereocenters. The summed E-state index contributed by atoms with van der Waals surface area (Å²) in [6.45, 7) is 4.05. The van der Waals surface area contributed by atoms with Crippen LogP contribution in [0.1, 0.15) is 23.6 Å². The van der Waals surface area contributed by atoms with Crippen LogP contribution >= 0.6 is 0 Å². The van der Waals surface area contributed by atoms with Crippen molar-refractivity contribution in [1.82, 2.24) is 5.48 Å². The fourth-order valence-electron chi connectivity index (χ4n) is 2.65. The molecule has 1 aliphatic rings. The summed E-state index contributed by atoms with van der Waals surface area (Å²) in [6, 6.07) is 14.7. The van der Waals surface area contributed by atoms with Crippen molar-refractivity contribution in [2.45, 2.75) is 19.4 Å². The molecule has 0 bridgehead atoms. The van der Waals surface area contributed by atoms with Crippen molar-refractivity contribution >= 4 is 6.08 Å². The molecule has 0 aromatic heterocycles. The van der Waals surface area contributed by atoms with Crippen LogP contribution in [0.5, 0.6) is 0 Å². The van der Waals surface area contributed by atoms with Crippen molar-refractivity contribution < 1.29 is 5.21 Å². The lowest BCUT2D eigenvalue weighted by Crippen LogP contribution is -2.35. The molecule has 0 amide bonds. The van der Waals surface area contributed by atoms with Gasteiger partial charge in [-0.1, -0.05) is 60.2 Å². The number of fused-ring (bicyclic) bond motifs is 3. The molecule has 0 fully saturated rings. The van der Waals surface area contributed by atoms with E-state index >= 15 is 0 Å². The minimum absolute atomic E-state index is 0.569. The van der Waals surface area contributed by atoms with Gasteiger partial charge in [0.1, 0.15) is 0 Å². The number of hydroxylamine groups is 1. The van der Waals surface area contributed by atoms with Crippen LogP contribution < -0.4 is 5.48 Å². The summed E-state index contributed by atoms with van der Waals surface area (Å²) >= 11 is 0. The van der Waals surface area contributed by atoms with E-state index in [2.05, 4.69) is 48.8 Å². The second kappa shape index (κ2) is 4.34. The summed E-state index contributed by atoms with van der Waals surface area (Å²) in [4.78, 5) is 0. The van der Waals surface area contributed by atoms with Crippen LogP contribution in [0.2, 0.25) is 0 Å². The molecule has 0 saturated carbocycles. The number of rotatable bonds is 1. The maximum absolute atomic E-state index is 9.59. The molecule has 1 atom stereocenters. The Morgan fingerprint density at radius 2 is 1.84 bits per heavy atom. The van der Waals surface area contributed by atoms with Crippen molar-refractivity contribution in [2.75, 3.05) is 0 Å². The van der Waals surface area contributed by atoms with E-state index in [1.54, 1.807) is 0 Å². The SMILES string of the molecule is Cc1ccc2c(c1)C(C)(NO)C=Cc1ccccc1-2. The number of hydrogen-bond donors (Lipinski definition) is 2. The molecule has 2 heteroatoms. The van der Waals surface area contributed by atoms with Crippen molar-refractivity contribution in [1.29, 1.82) is 0 Å². The van der Waals surface area contributed by atoms with E-state index in [4.69, 9.17) is 0 Å². The van der Waals surface area contributed by atoms with Crippen molar-refractivity contribution in [2.24, 2.45) is 0 Å². The predicted molar refractivity (Wildman–Crippen MR) is 77.9 cm³/mol. The zero-order chi connectivity index (χ0) is 13.5. The van der Waals surface area contributed by atoms with E-state index in [1.807, 2.05) is 25.1 Å². The third kappa shape index (κ3) is 1.89. The van der Waals surface area contributed by atoms with Crippen LogP contribution in [0, 0.1) is 6.92 Å². The molecule has 1 aliphatic carbocycles. The third-order valence-corrected chi connectivity index (χ3v) is 3.81. The Morgan fingerprint density at radius 3 is 2.63 bits per heavy atom. The Labute approximate surface area is 113 Å². The zero-order valence-electron chi connectivity index (χ0n) is 11.1. The van der Waals surface area contributed by atoms with Gasteiger partial charge in [0.25, 0.3) is 0 Å². The standard InChI is InChI=1S/C17H17NO/c1-12-7-8-15-14-6-4-3-5-13(14)9-10-17(2,18-19)16(15)11-12/h3-11,18-19H,1-2H3. The Bertz CT molecular complexity index is 660. The van der Waals surface area contributed by atoms with Gasteiger partial charge in [0.2, 0.25) is 0 Å². The lowest BCUT2D eigenvalue weighted by atomic mass is 9.86.